The molecule has 0 fully saturated rings. The molecule has 0 saturated carbocycles. The Morgan fingerprint density at radius 3 is 0.603 bits per heavy atom. The molecule has 0 radical (unpaired) electrons. The first kappa shape index (κ1) is 68.9. The van der Waals surface area contributed by atoms with E-state index in [0.717, 1.165) is 25.7 Å². The van der Waals surface area contributed by atoms with Gasteiger partial charge in [0.05, 0.1) is 13.2 Å². The highest BCUT2D eigenvalue weighted by Gasteiger charge is 2.17. The Balaban J connectivity index is 0. The van der Waals surface area contributed by atoms with Crippen molar-refractivity contribution in [3.8, 4) is 0 Å². The van der Waals surface area contributed by atoms with E-state index in [4.69, 9.17) is 19.7 Å². The molecule has 2 atom stereocenters. The number of aliphatic hydroxyl groups excluding tert-OH is 2. The second-order valence-corrected chi connectivity index (χ2v) is 21.3. The van der Waals surface area contributed by atoms with Crippen molar-refractivity contribution in [2.45, 2.75) is 349 Å². The van der Waals surface area contributed by atoms with Gasteiger partial charge >= 0.3 is 11.9 Å². The van der Waals surface area contributed by atoms with E-state index in [0.29, 0.717) is 24.7 Å². The molecule has 0 rings (SSSR count). The molecule has 0 aliphatic rings. The van der Waals surface area contributed by atoms with Gasteiger partial charge in [0.25, 0.3) is 0 Å². The van der Waals surface area contributed by atoms with E-state index in [-0.39, 0.29) is 38.4 Å². The fourth-order valence-electron chi connectivity index (χ4n) is 9.99. The first-order chi connectivity index (χ1) is 33.5. The van der Waals surface area contributed by atoms with Crippen molar-refractivity contribution in [1.82, 2.24) is 0 Å². The van der Waals surface area contributed by atoms with Crippen molar-refractivity contribution >= 4 is 11.9 Å². The number of rotatable bonds is 56. The monoisotopic (exact) mass is 965 g/mol. The van der Waals surface area contributed by atoms with E-state index >= 15 is 0 Å². The standard InChI is InChI=1S/C60H118O4.C2H6O2/c1-5-9-13-17-21-25-29-31-35-39-43-47-51-57(49-45-41-37-33-27-23-19-15-11-7-3)55-59(61)63-53-54-64-60(62)56-58(50-46-42-38-34-28-24-20-16-12-8-4)52-48-44-40-36-32-30-26-22-18-14-10-6-2;3-1-2-4/h57-58H,5-56H2,1-4H3;3-4H,1-2H2. The number of esters is 2. The number of hydrogen-bond donors (Lipinski definition) is 2. The van der Waals surface area contributed by atoms with Gasteiger partial charge in [0, 0.05) is 12.8 Å². The first-order valence-corrected chi connectivity index (χ1v) is 31.0. The SMILES string of the molecule is CCCCCCCCCCCCCCC(CCCCCCCCCCCC)CC(=O)OCCOC(=O)CC(CCCCCCCCCCCC)CCCCCCCCCCCCCC.OCCO. The van der Waals surface area contributed by atoms with Crippen LogP contribution in [0.1, 0.15) is 349 Å². The van der Waals surface area contributed by atoms with Crippen molar-refractivity contribution in [1.29, 1.82) is 0 Å². The molecule has 0 heterocycles. The second-order valence-electron chi connectivity index (χ2n) is 21.3. The lowest BCUT2D eigenvalue weighted by Gasteiger charge is -2.17. The molecule has 0 amide bonds. The Morgan fingerprint density at radius 2 is 0.441 bits per heavy atom. The van der Waals surface area contributed by atoms with E-state index in [2.05, 4.69) is 27.7 Å². The van der Waals surface area contributed by atoms with Crippen LogP contribution in [0, 0.1) is 11.8 Å². The van der Waals surface area contributed by atoms with Crippen molar-refractivity contribution in [3.05, 3.63) is 0 Å². The van der Waals surface area contributed by atoms with Gasteiger partial charge in [-0.1, -0.05) is 310 Å². The Morgan fingerprint density at radius 1 is 0.279 bits per heavy atom. The fourth-order valence-corrected chi connectivity index (χ4v) is 9.99. The molecule has 0 saturated heterocycles. The summed E-state index contributed by atoms with van der Waals surface area (Å²) >= 11 is 0. The van der Waals surface area contributed by atoms with Crippen molar-refractivity contribution in [2.24, 2.45) is 11.8 Å². The minimum Gasteiger partial charge on any atom is -0.462 e. The van der Waals surface area contributed by atoms with Gasteiger partial charge < -0.3 is 19.7 Å². The summed E-state index contributed by atoms with van der Waals surface area (Å²) < 4.78 is 11.4. The molecule has 2 unspecified atom stereocenters. The molecule has 0 aromatic carbocycles. The first-order valence-electron chi connectivity index (χ1n) is 31.0. The van der Waals surface area contributed by atoms with Gasteiger partial charge in [-0.25, -0.2) is 0 Å². The number of hydrogen-bond acceptors (Lipinski definition) is 6. The third-order valence-corrected chi connectivity index (χ3v) is 14.5. The van der Waals surface area contributed by atoms with Crippen molar-refractivity contribution in [2.75, 3.05) is 26.4 Å². The van der Waals surface area contributed by atoms with Crippen molar-refractivity contribution < 1.29 is 29.3 Å². The average molecular weight is 966 g/mol. The largest absolute Gasteiger partial charge is 0.462 e. The van der Waals surface area contributed by atoms with Crippen LogP contribution < -0.4 is 0 Å². The predicted octanol–water partition coefficient (Wildman–Crippen LogP) is 19.9. The molecule has 408 valence electrons. The quantitative estimate of drug-likeness (QED) is 0.0466. The third-order valence-electron chi connectivity index (χ3n) is 14.5. The molecule has 0 spiro atoms. The molecule has 6 nitrogen and oxygen atoms in total. The number of aliphatic hydroxyl groups is 2. The Bertz CT molecular complexity index is 866. The van der Waals surface area contributed by atoms with E-state index in [9.17, 15) is 9.59 Å². The number of carbonyl (C=O) groups is 2. The van der Waals surface area contributed by atoms with Gasteiger partial charge in [0.2, 0.25) is 0 Å². The summed E-state index contributed by atoms with van der Waals surface area (Å²) in [4.78, 5) is 26.2. The average Bonchev–Trinajstić information content (AvgIpc) is 3.34. The molecule has 0 aliphatic carbocycles. The summed E-state index contributed by atoms with van der Waals surface area (Å²) in [6.45, 7) is 9.30. The smallest absolute Gasteiger partial charge is 0.306 e. The molecule has 0 aromatic heterocycles. The lowest BCUT2D eigenvalue weighted by molar-refractivity contribution is -0.153. The molecule has 0 aliphatic heterocycles. The minimum atomic E-state index is -0.125. The van der Waals surface area contributed by atoms with Crippen LogP contribution in [0.4, 0.5) is 0 Å². The van der Waals surface area contributed by atoms with E-state index < -0.39 is 0 Å². The molecular formula is C62H124O6. The van der Waals surface area contributed by atoms with Crippen LogP contribution in [0.25, 0.3) is 0 Å². The maximum Gasteiger partial charge on any atom is 0.306 e. The zero-order valence-electron chi connectivity index (χ0n) is 46.9. The minimum absolute atomic E-state index is 0.0992. The zero-order chi connectivity index (χ0) is 49.9. The highest BCUT2D eigenvalue weighted by molar-refractivity contribution is 5.70. The summed E-state index contributed by atoms with van der Waals surface area (Å²) in [6, 6.07) is 0. The summed E-state index contributed by atoms with van der Waals surface area (Å²) in [5.74, 6) is 0.633. The van der Waals surface area contributed by atoms with E-state index in [1.165, 1.54) is 283 Å². The molecule has 6 heteroatoms. The topological polar surface area (TPSA) is 93.1 Å². The highest BCUT2D eigenvalue weighted by atomic mass is 16.6. The highest BCUT2D eigenvalue weighted by Crippen LogP contribution is 2.25. The third kappa shape index (κ3) is 59.2. The number of ether oxygens (including phenoxy) is 2. The fraction of sp³-hybridized carbons (Fsp3) is 0.968. The Kier molecular flexibility index (Phi) is 62.8. The summed E-state index contributed by atoms with van der Waals surface area (Å²) in [5.41, 5.74) is 0. The lowest BCUT2D eigenvalue weighted by Crippen LogP contribution is -2.18. The van der Waals surface area contributed by atoms with Gasteiger partial charge in [-0.2, -0.15) is 0 Å². The van der Waals surface area contributed by atoms with Crippen LogP contribution in [0.15, 0.2) is 0 Å². The molecule has 0 bridgehead atoms. The Labute approximate surface area is 426 Å². The van der Waals surface area contributed by atoms with E-state index in [1.807, 2.05) is 0 Å². The molecule has 2 N–H and O–H groups in total. The van der Waals surface area contributed by atoms with Crippen LogP contribution in [-0.4, -0.2) is 48.6 Å². The zero-order valence-corrected chi connectivity index (χ0v) is 46.9. The van der Waals surface area contributed by atoms with Gasteiger partial charge in [0.15, 0.2) is 0 Å². The number of carbonyl (C=O) groups excluding carboxylic acids is 2. The molecule has 0 aromatic rings. The van der Waals surface area contributed by atoms with Crippen LogP contribution in [0.3, 0.4) is 0 Å². The summed E-state index contributed by atoms with van der Waals surface area (Å²) in [5, 5.41) is 15.2. The van der Waals surface area contributed by atoms with Crippen molar-refractivity contribution in [3.63, 3.8) is 0 Å². The van der Waals surface area contributed by atoms with Gasteiger partial charge in [-0.15, -0.1) is 0 Å². The normalized spacial score (nSPS) is 12.2. The molecule has 68 heavy (non-hydrogen) atoms. The van der Waals surface area contributed by atoms with Crippen LogP contribution in [-0.2, 0) is 19.1 Å². The van der Waals surface area contributed by atoms with Crippen LogP contribution >= 0.6 is 0 Å². The molecular weight excluding hydrogens is 841 g/mol. The second kappa shape index (κ2) is 62.0. The predicted molar refractivity (Wildman–Crippen MR) is 297 cm³/mol. The van der Waals surface area contributed by atoms with Gasteiger partial charge in [-0.3, -0.25) is 9.59 Å². The van der Waals surface area contributed by atoms with Crippen LogP contribution in [0.5, 0.6) is 0 Å². The Hall–Kier alpha value is -1.14. The summed E-state index contributed by atoms with van der Waals surface area (Å²) in [6.07, 6.45) is 65.2. The van der Waals surface area contributed by atoms with Crippen LogP contribution in [0.2, 0.25) is 0 Å². The van der Waals surface area contributed by atoms with E-state index in [1.54, 1.807) is 0 Å². The maximum atomic E-state index is 13.1. The lowest BCUT2D eigenvalue weighted by atomic mass is 9.91. The maximum absolute atomic E-state index is 13.1. The number of unbranched alkanes of at least 4 members (excludes halogenated alkanes) is 40. The summed E-state index contributed by atoms with van der Waals surface area (Å²) in [7, 11) is 0. The van der Waals surface area contributed by atoms with Gasteiger partial charge in [0.1, 0.15) is 13.2 Å². The van der Waals surface area contributed by atoms with Gasteiger partial charge in [-0.05, 0) is 37.5 Å².